The number of amides is 2. The minimum atomic E-state index is -0.386. The van der Waals surface area contributed by atoms with E-state index in [1.54, 1.807) is 32.3 Å². The number of nitrogens with zero attached hydrogens (tertiary/aromatic N) is 1. The summed E-state index contributed by atoms with van der Waals surface area (Å²) >= 11 is 6.02. The van der Waals surface area contributed by atoms with Crippen molar-refractivity contribution in [2.75, 3.05) is 19.4 Å². The number of hydrogen-bond donors (Lipinski definition) is 2. The molecule has 0 aromatic heterocycles. The van der Waals surface area contributed by atoms with Crippen LogP contribution in [-0.2, 0) is 4.79 Å². The van der Waals surface area contributed by atoms with E-state index >= 15 is 0 Å². The van der Waals surface area contributed by atoms with Crippen molar-refractivity contribution in [3.63, 3.8) is 0 Å². The van der Waals surface area contributed by atoms with Crippen LogP contribution in [-0.4, -0.2) is 36.3 Å². The Hall–Kier alpha value is -1.59. The van der Waals surface area contributed by atoms with Crippen LogP contribution in [0.1, 0.15) is 37.0 Å². The molecule has 0 atom stereocenters. The fourth-order valence-corrected chi connectivity index (χ4v) is 1.87. The van der Waals surface area contributed by atoms with Gasteiger partial charge in [-0.05, 0) is 38.5 Å². The second-order valence-corrected chi connectivity index (χ2v) is 6.34. The van der Waals surface area contributed by atoms with Crippen LogP contribution in [0.25, 0.3) is 0 Å². The number of rotatable bonds is 5. The predicted octanol–water partition coefficient (Wildman–Crippen LogP) is 2.50. The van der Waals surface area contributed by atoms with Crippen LogP contribution in [0.15, 0.2) is 18.2 Å². The highest BCUT2D eigenvalue weighted by Crippen LogP contribution is 2.22. The Morgan fingerprint density at radius 1 is 1.33 bits per heavy atom. The molecule has 0 spiro atoms. The van der Waals surface area contributed by atoms with Gasteiger partial charge in [0.15, 0.2) is 0 Å². The minimum absolute atomic E-state index is 0.140. The van der Waals surface area contributed by atoms with Crippen LogP contribution in [0.5, 0.6) is 0 Å². The van der Waals surface area contributed by atoms with Gasteiger partial charge in [0, 0.05) is 31.7 Å². The van der Waals surface area contributed by atoms with E-state index in [0.717, 1.165) is 0 Å². The molecule has 0 aliphatic rings. The molecule has 0 bridgehead atoms. The Bertz CT molecular complexity index is 536. The van der Waals surface area contributed by atoms with Crippen LogP contribution >= 0.6 is 11.6 Å². The summed E-state index contributed by atoms with van der Waals surface area (Å²) < 4.78 is 0. The van der Waals surface area contributed by atoms with Crippen molar-refractivity contribution >= 4 is 29.1 Å². The summed E-state index contributed by atoms with van der Waals surface area (Å²) in [7, 11) is 3.29. The van der Waals surface area contributed by atoms with Gasteiger partial charge >= 0.3 is 0 Å². The van der Waals surface area contributed by atoms with Gasteiger partial charge in [-0.2, -0.15) is 0 Å². The maximum atomic E-state index is 12.0. The van der Waals surface area contributed by atoms with E-state index < -0.39 is 0 Å². The molecule has 0 saturated heterocycles. The third kappa shape index (κ3) is 5.73. The van der Waals surface area contributed by atoms with E-state index in [9.17, 15) is 9.59 Å². The molecule has 2 amide bonds. The first kappa shape index (κ1) is 17.5. The number of halogens is 1. The second-order valence-electron chi connectivity index (χ2n) is 5.93. The van der Waals surface area contributed by atoms with Gasteiger partial charge in [-0.1, -0.05) is 11.6 Å². The lowest BCUT2D eigenvalue weighted by atomic mass is 10.00. The molecule has 0 aliphatic carbocycles. The fraction of sp³-hybridized carbons (Fsp3) is 0.467. The van der Waals surface area contributed by atoms with E-state index in [1.807, 2.05) is 13.8 Å². The molecule has 0 saturated carbocycles. The molecule has 116 valence electrons. The average molecular weight is 312 g/mol. The maximum Gasteiger partial charge on any atom is 0.254 e. The van der Waals surface area contributed by atoms with Crippen molar-refractivity contribution in [3.8, 4) is 0 Å². The van der Waals surface area contributed by atoms with E-state index in [4.69, 9.17) is 17.3 Å². The highest BCUT2D eigenvalue weighted by Gasteiger charge is 2.16. The number of carbonyl (C=O) groups is 2. The zero-order valence-electron chi connectivity index (χ0n) is 12.9. The first-order chi connectivity index (χ1) is 9.60. The summed E-state index contributed by atoms with van der Waals surface area (Å²) in [4.78, 5) is 25.3. The van der Waals surface area contributed by atoms with Crippen molar-refractivity contribution in [2.24, 2.45) is 5.73 Å². The molecule has 3 N–H and O–H groups in total. The van der Waals surface area contributed by atoms with Gasteiger partial charge in [-0.25, -0.2) is 0 Å². The number of nitrogens with two attached hydrogens (primary N) is 1. The summed E-state index contributed by atoms with van der Waals surface area (Å²) in [6.07, 6.45) is 0.902. The van der Waals surface area contributed by atoms with Crippen molar-refractivity contribution < 1.29 is 9.59 Å². The highest BCUT2D eigenvalue weighted by molar-refractivity contribution is 6.34. The molecule has 0 unspecified atom stereocenters. The zero-order valence-corrected chi connectivity index (χ0v) is 13.6. The first-order valence-electron chi connectivity index (χ1n) is 6.70. The lowest BCUT2D eigenvalue weighted by molar-refractivity contribution is -0.116. The maximum absolute atomic E-state index is 12.0. The molecule has 1 aromatic carbocycles. The van der Waals surface area contributed by atoms with E-state index in [2.05, 4.69) is 5.32 Å². The number of nitrogens with one attached hydrogen (secondary N) is 1. The second kappa shape index (κ2) is 6.91. The third-order valence-electron chi connectivity index (χ3n) is 2.88. The quantitative estimate of drug-likeness (QED) is 0.877. The van der Waals surface area contributed by atoms with Gasteiger partial charge in [-0.15, -0.1) is 0 Å². The largest absolute Gasteiger partial charge is 0.345 e. The summed E-state index contributed by atoms with van der Waals surface area (Å²) in [6.45, 7) is 3.74. The lowest BCUT2D eigenvalue weighted by Crippen LogP contribution is -2.33. The standard InChI is InChI=1S/C15H22ClN3O2/c1-15(2,17)8-7-13(20)18-10-5-6-12(16)11(9-10)14(21)19(3)4/h5-6,9H,7-8,17H2,1-4H3,(H,18,20). The van der Waals surface area contributed by atoms with Gasteiger partial charge in [-0.3, -0.25) is 9.59 Å². The SMILES string of the molecule is CN(C)C(=O)c1cc(NC(=O)CCC(C)(C)N)ccc1Cl. The Balaban J connectivity index is 2.79. The molecule has 1 aromatic rings. The smallest absolute Gasteiger partial charge is 0.254 e. The van der Waals surface area contributed by atoms with Gasteiger partial charge in [0.1, 0.15) is 0 Å². The van der Waals surface area contributed by atoms with Crippen molar-refractivity contribution in [1.82, 2.24) is 4.90 Å². The van der Waals surface area contributed by atoms with Gasteiger partial charge in [0.25, 0.3) is 5.91 Å². The van der Waals surface area contributed by atoms with Crippen LogP contribution in [0.3, 0.4) is 0 Å². The molecule has 0 heterocycles. The molecule has 1 rings (SSSR count). The molecule has 5 nitrogen and oxygen atoms in total. The van der Waals surface area contributed by atoms with Crippen LogP contribution in [0, 0.1) is 0 Å². The number of hydrogen-bond acceptors (Lipinski definition) is 3. The summed E-state index contributed by atoms with van der Waals surface area (Å²) in [5.41, 5.74) is 6.37. The Morgan fingerprint density at radius 3 is 2.48 bits per heavy atom. The predicted molar refractivity (Wildman–Crippen MR) is 85.6 cm³/mol. The molecule has 21 heavy (non-hydrogen) atoms. The van der Waals surface area contributed by atoms with E-state index in [-0.39, 0.29) is 17.4 Å². The van der Waals surface area contributed by atoms with Crippen LogP contribution < -0.4 is 11.1 Å². The summed E-state index contributed by atoms with van der Waals surface area (Å²) in [5.74, 6) is -0.349. The third-order valence-corrected chi connectivity index (χ3v) is 3.21. The summed E-state index contributed by atoms with van der Waals surface area (Å²) in [6, 6.07) is 4.84. The highest BCUT2D eigenvalue weighted by atomic mass is 35.5. The summed E-state index contributed by atoms with van der Waals surface area (Å²) in [5, 5.41) is 3.11. The van der Waals surface area contributed by atoms with E-state index in [0.29, 0.717) is 29.1 Å². The fourth-order valence-electron chi connectivity index (χ4n) is 1.67. The van der Waals surface area contributed by atoms with Crippen molar-refractivity contribution in [3.05, 3.63) is 28.8 Å². The molecule has 0 aliphatic heterocycles. The average Bonchev–Trinajstić information content (AvgIpc) is 2.37. The van der Waals surface area contributed by atoms with E-state index in [1.165, 1.54) is 4.90 Å². The molecule has 0 fully saturated rings. The molecule has 0 radical (unpaired) electrons. The monoisotopic (exact) mass is 311 g/mol. The molecule has 6 heteroatoms. The van der Waals surface area contributed by atoms with Gasteiger partial charge < -0.3 is 16.0 Å². The van der Waals surface area contributed by atoms with Gasteiger partial charge in [0.2, 0.25) is 5.91 Å². The molecular formula is C15H22ClN3O2. The normalized spacial score (nSPS) is 11.1. The molecular weight excluding hydrogens is 290 g/mol. The lowest BCUT2D eigenvalue weighted by Gasteiger charge is -2.18. The Morgan fingerprint density at radius 2 is 1.95 bits per heavy atom. The van der Waals surface area contributed by atoms with Crippen molar-refractivity contribution in [2.45, 2.75) is 32.2 Å². The Kier molecular flexibility index (Phi) is 5.75. The number of anilines is 1. The minimum Gasteiger partial charge on any atom is -0.345 e. The Labute approximate surface area is 130 Å². The first-order valence-corrected chi connectivity index (χ1v) is 7.08. The van der Waals surface area contributed by atoms with Gasteiger partial charge in [0.05, 0.1) is 10.6 Å². The topological polar surface area (TPSA) is 75.4 Å². The zero-order chi connectivity index (χ0) is 16.2. The number of carbonyl (C=O) groups excluding carboxylic acids is 2. The van der Waals surface area contributed by atoms with Crippen LogP contribution in [0.4, 0.5) is 5.69 Å². The van der Waals surface area contributed by atoms with Crippen LogP contribution in [0.2, 0.25) is 5.02 Å². The number of benzene rings is 1. The van der Waals surface area contributed by atoms with Crippen molar-refractivity contribution in [1.29, 1.82) is 0 Å².